The second kappa shape index (κ2) is 10.9. The van der Waals surface area contributed by atoms with E-state index in [0.717, 1.165) is 29.7 Å². The Morgan fingerprint density at radius 2 is 1.82 bits per heavy atom. The zero-order chi connectivity index (χ0) is 24.0. The topological polar surface area (TPSA) is 80.0 Å². The number of carbonyl (C=O) groups excluding carboxylic acids is 1. The number of unbranched alkanes of at least 4 members (excludes halogenated alkanes) is 2. The quantitative estimate of drug-likeness (QED) is 0.356. The third-order valence-electron chi connectivity index (χ3n) is 5.63. The van der Waals surface area contributed by atoms with Crippen LogP contribution in [-0.4, -0.2) is 34.5 Å². The summed E-state index contributed by atoms with van der Waals surface area (Å²) in [5.41, 5.74) is 2.28. The summed E-state index contributed by atoms with van der Waals surface area (Å²) >= 11 is 0. The summed E-state index contributed by atoms with van der Waals surface area (Å²) in [4.78, 5) is 25.7. The smallest absolute Gasteiger partial charge is 0.303 e. The molecule has 0 aliphatic heterocycles. The van der Waals surface area contributed by atoms with Crippen molar-refractivity contribution in [3.63, 3.8) is 0 Å². The maximum atomic E-state index is 13.4. The van der Waals surface area contributed by atoms with Crippen molar-refractivity contribution in [2.24, 2.45) is 0 Å². The molecule has 0 atom stereocenters. The molecule has 1 heterocycles. The van der Waals surface area contributed by atoms with Crippen molar-refractivity contribution in [3.05, 3.63) is 78.1 Å². The molecular weight excluding hydrogens is 418 g/mol. The molecule has 0 saturated heterocycles. The number of aliphatic carboxylic acids is 1. The number of benzene rings is 2. The SMILES string of the molecule is [2H]C1(N(Cc2ccccc2OCCCCCC(=O)O)C(=O)c2ccc(-c3ccco3)cc2)CC1. The molecule has 3 aromatic rings. The Morgan fingerprint density at radius 1 is 1.03 bits per heavy atom. The van der Waals surface area contributed by atoms with E-state index >= 15 is 0 Å². The normalized spacial score (nSPS) is 14.4. The molecule has 0 unspecified atom stereocenters. The molecule has 0 spiro atoms. The first kappa shape index (κ1) is 21.3. The fourth-order valence-corrected chi connectivity index (χ4v) is 3.71. The molecule has 1 aliphatic carbocycles. The van der Waals surface area contributed by atoms with Crippen LogP contribution >= 0.6 is 0 Å². The standard InChI is InChI=1S/C27H29NO5/c29-26(30)10-2-1-5-17-32-25-8-4-3-7-22(25)19-28(23-15-16-23)27(31)21-13-11-20(12-14-21)24-9-6-18-33-24/h3-4,6-9,11-14,18,23H,1-2,5,10,15-17,19H2,(H,29,30)/i23D. The molecule has 1 fully saturated rings. The van der Waals surface area contributed by atoms with Gasteiger partial charge in [-0.05, 0) is 62.4 Å². The van der Waals surface area contributed by atoms with Crippen molar-refractivity contribution in [2.45, 2.75) is 51.1 Å². The summed E-state index contributed by atoms with van der Waals surface area (Å²) < 4.78 is 20.1. The van der Waals surface area contributed by atoms with Crippen LogP contribution < -0.4 is 4.74 Å². The van der Waals surface area contributed by atoms with Gasteiger partial charge in [0.2, 0.25) is 0 Å². The van der Waals surface area contributed by atoms with Crippen LogP contribution in [-0.2, 0) is 11.3 Å². The third kappa shape index (κ3) is 6.25. The van der Waals surface area contributed by atoms with Gasteiger partial charge in [-0.15, -0.1) is 0 Å². The average Bonchev–Trinajstić information content (AvgIpc) is 3.35. The lowest BCUT2D eigenvalue weighted by Crippen LogP contribution is -2.32. The van der Waals surface area contributed by atoms with Gasteiger partial charge in [-0.25, -0.2) is 0 Å². The van der Waals surface area contributed by atoms with Gasteiger partial charge in [-0.1, -0.05) is 30.3 Å². The molecule has 0 bridgehead atoms. The van der Waals surface area contributed by atoms with E-state index in [2.05, 4.69) is 0 Å². The predicted molar refractivity (Wildman–Crippen MR) is 125 cm³/mol. The van der Waals surface area contributed by atoms with Crippen molar-refractivity contribution in [1.29, 1.82) is 0 Å². The summed E-state index contributed by atoms with van der Waals surface area (Å²) in [5.74, 6) is 0.470. The molecule has 4 rings (SSSR count). The van der Waals surface area contributed by atoms with E-state index in [1.807, 2.05) is 48.5 Å². The molecule has 1 saturated carbocycles. The Hall–Kier alpha value is -3.54. The van der Waals surface area contributed by atoms with E-state index in [9.17, 15) is 9.59 Å². The van der Waals surface area contributed by atoms with Gasteiger partial charge in [0.1, 0.15) is 11.5 Å². The van der Waals surface area contributed by atoms with Gasteiger partial charge in [0.15, 0.2) is 0 Å². The molecule has 172 valence electrons. The number of furan rings is 1. The monoisotopic (exact) mass is 448 g/mol. The van der Waals surface area contributed by atoms with E-state index in [1.165, 1.54) is 0 Å². The van der Waals surface area contributed by atoms with E-state index in [-0.39, 0.29) is 18.9 Å². The maximum Gasteiger partial charge on any atom is 0.303 e. The van der Waals surface area contributed by atoms with Gasteiger partial charge < -0.3 is 19.2 Å². The van der Waals surface area contributed by atoms with E-state index in [1.54, 1.807) is 23.3 Å². The van der Waals surface area contributed by atoms with Gasteiger partial charge in [0.05, 0.1) is 14.2 Å². The van der Waals surface area contributed by atoms with Crippen LogP contribution in [0.2, 0.25) is 0 Å². The number of amides is 1. The van der Waals surface area contributed by atoms with E-state index in [0.29, 0.717) is 37.2 Å². The number of carboxylic acids is 1. The van der Waals surface area contributed by atoms with Gasteiger partial charge in [-0.2, -0.15) is 0 Å². The van der Waals surface area contributed by atoms with Crippen molar-refractivity contribution in [2.75, 3.05) is 6.61 Å². The van der Waals surface area contributed by atoms with Crippen LogP contribution in [0.1, 0.15) is 55.8 Å². The summed E-state index contributed by atoms with van der Waals surface area (Å²) in [6.07, 6.45) is 5.25. The minimum atomic E-state index is -0.902. The van der Waals surface area contributed by atoms with E-state index in [4.69, 9.17) is 15.6 Å². The molecule has 6 nitrogen and oxygen atoms in total. The summed E-state index contributed by atoms with van der Waals surface area (Å²) in [6.45, 7) is 0.766. The number of nitrogens with zero attached hydrogens (tertiary/aromatic N) is 1. The van der Waals surface area contributed by atoms with Crippen molar-refractivity contribution in [1.82, 2.24) is 4.90 Å². The lowest BCUT2D eigenvalue weighted by molar-refractivity contribution is -0.137. The van der Waals surface area contributed by atoms with Gasteiger partial charge in [0.25, 0.3) is 5.91 Å². The molecule has 1 aliphatic rings. The second-order valence-corrected chi connectivity index (χ2v) is 8.17. The summed E-state index contributed by atoms with van der Waals surface area (Å²) in [6, 6.07) is 17.6. The minimum absolute atomic E-state index is 0.168. The largest absolute Gasteiger partial charge is 0.493 e. The lowest BCUT2D eigenvalue weighted by atomic mass is 10.1. The van der Waals surface area contributed by atoms with Crippen molar-refractivity contribution >= 4 is 11.9 Å². The molecule has 1 amide bonds. The number of hydrogen-bond acceptors (Lipinski definition) is 4. The number of hydrogen-bond donors (Lipinski definition) is 1. The zero-order valence-corrected chi connectivity index (χ0v) is 18.5. The van der Waals surface area contributed by atoms with Gasteiger partial charge in [-0.3, -0.25) is 9.59 Å². The number of carbonyl (C=O) groups is 2. The Labute approximate surface area is 195 Å². The first-order valence-electron chi connectivity index (χ1n) is 11.8. The van der Waals surface area contributed by atoms with Crippen molar-refractivity contribution < 1.29 is 25.2 Å². The molecule has 0 radical (unpaired) electrons. The number of ether oxygens (including phenoxy) is 1. The van der Waals surface area contributed by atoms with Crippen LogP contribution in [0.5, 0.6) is 5.75 Å². The Balaban J connectivity index is 1.43. The third-order valence-corrected chi connectivity index (χ3v) is 5.63. The van der Waals surface area contributed by atoms with E-state index < -0.39 is 12.0 Å². The van der Waals surface area contributed by atoms with Crippen LogP contribution in [0.3, 0.4) is 0 Å². The highest BCUT2D eigenvalue weighted by Gasteiger charge is 2.33. The Kier molecular flexibility index (Phi) is 7.01. The highest BCUT2D eigenvalue weighted by atomic mass is 16.5. The van der Waals surface area contributed by atoms with Crippen LogP contribution in [0.25, 0.3) is 11.3 Å². The highest BCUT2D eigenvalue weighted by molar-refractivity contribution is 5.95. The Bertz CT molecular complexity index is 1110. The van der Waals surface area contributed by atoms with Gasteiger partial charge >= 0.3 is 5.97 Å². The lowest BCUT2D eigenvalue weighted by Gasteiger charge is -2.24. The summed E-state index contributed by atoms with van der Waals surface area (Å²) in [5, 5.41) is 8.74. The minimum Gasteiger partial charge on any atom is -0.493 e. The molecule has 1 N–H and O–H groups in total. The first-order chi connectivity index (χ1) is 16.5. The average molecular weight is 449 g/mol. The predicted octanol–water partition coefficient (Wildman–Crippen LogP) is 5.78. The molecule has 2 aromatic carbocycles. The Morgan fingerprint density at radius 3 is 2.52 bits per heavy atom. The van der Waals surface area contributed by atoms with Crippen LogP contribution in [0, 0.1) is 0 Å². The fourth-order valence-electron chi connectivity index (χ4n) is 3.71. The second-order valence-electron chi connectivity index (χ2n) is 8.17. The fraction of sp³-hybridized carbons (Fsp3) is 0.333. The first-order valence-corrected chi connectivity index (χ1v) is 11.3. The number of para-hydroxylation sites is 1. The molecule has 1 aromatic heterocycles. The number of rotatable bonds is 12. The highest BCUT2D eigenvalue weighted by Crippen LogP contribution is 2.32. The zero-order valence-electron chi connectivity index (χ0n) is 19.5. The molecular formula is C27H29NO5. The molecule has 33 heavy (non-hydrogen) atoms. The molecule has 6 heteroatoms. The van der Waals surface area contributed by atoms with Gasteiger partial charge in [0, 0.05) is 35.7 Å². The van der Waals surface area contributed by atoms with Crippen LogP contribution in [0.4, 0.5) is 0 Å². The maximum absolute atomic E-state index is 13.4. The van der Waals surface area contributed by atoms with Crippen molar-refractivity contribution in [3.8, 4) is 17.1 Å². The summed E-state index contributed by atoms with van der Waals surface area (Å²) in [7, 11) is 0. The number of carboxylic acid groups (broad SMARTS) is 1. The van der Waals surface area contributed by atoms with Crippen LogP contribution in [0.15, 0.2) is 71.3 Å².